The number of benzene rings is 1. The smallest absolute Gasteiger partial charge is 0.261 e. The average molecular weight is 395 g/mol. The van der Waals surface area contributed by atoms with Crippen LogP contribution < -0.4 is 0 Å². The number of carbonyl (C=O) groups excluding carboxylic acids is 1. The molecule has 0 unspecified atom stereocenters. The summed E-state index contributed by atoms with van der Waals surface area (Å²) < 4.78 is 23.6. The van der Waals surface area contributed by atoms with Gasteiger partial charge in [0.2, 0.25) is 0 Å². The van der Waals surface area contributed by atoms with Crippen molar-refractivity contribution in [2.75, 3.05) is 7.05 Å². The Morgan fingerprint density at radius 3 is 2.43 bits per heavy atom. The Bertz CT molecular complexity index is 669. The van der Waals surface area contributed by atoms with Crippen LogP contribution in [-0.2, 0) is 9.05 Å². The number of nitrogens with zero attached hydrogens (tertiary/aromatic N) is 1. The van der Waals surface area contributed by atoms with Crippen molar-refractivity contribution in [1.29, 1.82) is 0 Å². The summed E-state index contributed by atoms with van der Waals surface area (Å²) in [7, 11) is 3.29. The molecule has 1 aliphatic carbocycles. The molecule has 116 valence electrons. The predicted molar refractivity (Wildman–Crippen MR) is 86.3 cm³/mol. The summed E-state index contributed by atoms with van der Waals surface area (Å²) in [6.45, 7) is 1.78. The fourth-order valence-electron chi connectivity index (χ4n) is 2.66. The van der Waals surface area contributed by atoms with Crippen molar-refractivity contribution in [3.8, 4) is 0 Å². The lowest BCUT2D eigenvalue weighted by molar-refractivity contribution is 0.0734. The van der Waals surface area contributed by atoms with Crippen LogP contribution in [0.3, 0.4) is 0 Å². The second-order valence-corrected chi connectivity index (χ2v) is 8.79. The van der Waals surface area contributed by atoms with Crippen molar-refractivity contribution in [1.82, 2.24) is 4.90 Å². The Balaban J connectivity index is 2.42. The highest BCUT2D eigenvalue weighted by Gasteiger charge is 2.26. The molecule has 0 aromatic heterocycles. The lowest BCUT2D eigenvalue weighted by Gasteiger charge is -2.25. The summed E-state index contributed by atoms with van der Waals surface area (Å²) in [6, 6.07) is 3.01. The number of hydrogen-bond acceptors (Lipinski definition) is 3. The molecule has 0 spiro atoms. The minimum absolute atomic E-state index is 0.0650. The molecule has 2 rings (SSSR count). The zero-order valence-corrected chi connectivity index (χ0v) is 15.1. The summed E-state index contributed by atoms with van der Waals surface area (Å²) in [6.07, 6.45) is 4.24. The topological polar surface area (TPSA) is 54.5 Å². The molecule has 1 amide bonds. The molecule has 1 aromatic rings. The van der Waals surface area contributed by atoms with Gasteiger partial charge in [-0.05, 0) is 37.5 Å². The fourth-order valence-corrected chi connectivity index (χ4v) is 4.06. The van der Waals surface area contributed by atoms with Gasteiger partial charge in [0.05, 0.1) is 4.90 Å². The summed E-state index contributed by atoms with van der Waals surface area (Å²) in [5, 5.41) is 0. The Kier molecular flexibility index (Phi) is 5.00. The van der Waals surface area contributed by atoms with Gasteiger partial charge in [0.25, 0.3) is 15.0 Å². The van der Waals surface area contributed by atoms with Crippen molar-refractivity contribution >= 4 is 41.6 Å². The first-order chi connectivity index (χ1) is 9.71. The van der Waals surface area contributed by atoms with Gasteiger partial charge in [-0.1, -0.05) is 28.8 Å². The first-order valence-corrected chi connectivity index (χ1v) is 9.84. The third-order valence-corrected chi connectivity index (χ3v) is 6.18. The predicted octanol–water partition coefficient (Wildman–Crippen LogP) is 3.70. The molecule has 0 N–H and O–H groups in total. The second-order valence-electron chi connectivity index (χ2n) is 5.37. The van der Waals surface area contributed by atoms with Crippen LogP contribution in [0, 0.1) is 6.92 Å². The Morgan fingerprint density at radius 1 is 1.33 bits per heavy atom. The zero-order valence-electron chi connectivity index (χ0n) is 11.9. The van der Waals surface area contributed by atoms with Crippen LogP contribution in [0.15, 0.2) is 21.5 Å². The van der Waals surface area contributed by atoms with Crippen LogP contribution in [-0.4, -0.2) is 32.3 Å². The van der Waals surface area contributed by atoms with E-state index in [2.05, 4.69) is 15.9 Å². The van der Waals surface area contributed by atoms with E-state index in [9.17, 15) is 13.2 Å². The van der Waals surface area contributed by atoms with Crippen molar-refractivity contribution in [3.05, 3.63) is 27.7 Å². The number of amides is 1. The number of halogens is 2. The highest BCUT2D eigenvalue weighted by Crippen LogP contribution is 2.29. The molecule has 1 aliphatic rings. The molecular formula is C14H17BrClNO3S. The third-order valence-electron chi connectivity index (χ3n) is 4.02. The molecule has 4 nitrogen and oxygen atoms in total. The fraction of sp³-hybridized carbons (Fsp3) is 0.500. The first kappa shape index (κ1) is 16.8. The molecule has 0 heterocycles. The Labute approximate surface area is 138 Å². The van der Waals surface area contributed by atoms with E-state index in [4.69, 9.17) is 10.7 Å². The largest absolute Gasteiger partial charge is 0.339 e. The molecule has 21 heavy (non-hydrogen) atoms. The second kappa shape index (κ2) is 6.26. The van der Waals surface area contributed by atoms with Gasteiger partial charge in [-0.3, -0.25) is 4.79 Å². The van der Waals surface area contributed by atoms with Crippen molar-refractivity contribution in [3.63, 3.8) is 0 Å². The van der Waals surface area contributed by atoms with E-state index in [1.165, 1.54) is 12.1 Å². The van der Waals surface area contributed by atoms with Crippen molar-refractivity contribution in [2.24, 2.45) is 0 Å². The molecule has 1 saturated carbocycles. The quantitative estimate of drug-likeness (QED) is 0.735. The van der Waals surface area contributed by atoms with Crippen LogP contribution in [0.5, 0.6) is 0 Å². The molecule has 0 radical (unpaired) electrons. The molecule has 0 saturated heterocycles. The van der Waals surface area contributed by atoms with E-state index in [-0.39, 0.29) is 16.8 Å². The molecule has 7 heteroatoms. The van der Waals surface area contributed by atoms with E-state index >= 15 is 0 Å². The SMILES string of the molecule is Cc1c(Br)cc(S(=O)(=O)Cl)cc1C(=O)N(C)C1CCCC1. The minimum atomic E-state index is -3.87. The van der Waals surface area contributed by atoms with Gasteiger partial charge >= 0.3 is 0 Å². The maximum Gasteiger partial charge on any atom is 0.261 e. The van der Waals surface area contributed by atoms with Gasteiger partial charge in [-0.2, -0.15) is 0 Å². The summed E-state index contributed by atoms with van der Waals surface area (Å²) in [4.78, 5) is 14.3. The number of hydrogen-bond donors (Lipinski definition) is 0. The summed E-state index contributed by atoms with van der Waals surface area (Å²) in [5.74, 6) is -0.165. The Hall–Kier alpha value is -0.590. The van der Waals surface area contributed by atoms with Crippen LogP contribution in [0.1, 0.15) is 41.6 Å². The van der Waals surface area contributed by atoms with E-state index in [1.54, 1.807) is 18.9 Å². The molecular weight excluding hydrogens is 378 g/mol. The van der Waals surface area contributed by atoms with Crippen LogP contribution >= 0.6 is 26.6 Å². The van der Waals surface area contributed by atoms with Crippen molar-refractivity contribution in [2.45, 2.75) is 43.5 Å². The maximum absolute atomic E-state index is 12.7. The first-order valence-electron chi connectivity index (χ1n) is 6.74. The third kappa shape index (κ3) is 3.60. The van der Waals surface area contributed by atoms with Crippen LogP contribution in [0.4, 0.5) is 0 Å². The summed E-state index contributed by atoms with van der Waals surface area (Å²) in [5.41, 5.74) is 1.09. The van der Waals surface area contributed by atoms with Gasteiger partial charge in [0.15, 0.2) is 0 Å². The minimum Gasteiger partial charge on any atom is -0.339 e. The van der Waals surface area contributed by atoms with Crippen LogP contribution in [0.2, 0.25) is 0 Å². The molecule has 1 aromatic carbocycles. The van der Waals surface area contributed by atoms with E-state index < -0.39 is 9.05 Å². The molecule has 1 fully saturated rings. The number of rotatable bonds is 3. The molecule has 0 aliphatic heterocycles. The average Bonchev–Trinajstić information content (AvgIpc) is 2.92. The lowest BCUT2D eigenvalue weighted by atomic mass is 10.1. The normalized spacial score (nSPS) is 16.2. The standard InChI is InChI=1S/C14H17BrClNO3S/c1-9-12(7-11(8-13(9)15)21(16,19)20)14(18)17(2)10-5-3-4-6-10/h7-8,10H,3-6H2,1-2H3. The number of carbonyl (C=O) groups is 1. The van der Waals surface area contributed by atoms with Gasteiger partial charge in [-0.25, -0.2) is 8.42 Å². The van der Waals surface area contributed by atoms with Crippen LogP contribution in [0.25, 0.3) is 0 Å². The van der Waals surface area contributed by atoms with Gasteiger partial charge in [0.1, 0.15) is 0 Å². The summed E-state index contributed by atoms with van der Waals surface area (Å²) >= 11 is 3.30. The van der Waals surface area contributed by atoms with Crippen molar-refractivity contribution < 1.29 is 13.2 Å². The lowest BCUT2D eigenvalue weighted by Crippen LogP contribution is -2.35. The highest BCUT2D eigenvalue weighted by molar-refractivity contribution is 9.10. The zero-order chi connectivity index (χ0) is 15.8. The monoisotopic (exact) mass is 393 g/mol. The van der Waals surface area contributed by atoms with E-state index in [1.807, 2.05) is 0 Å². The van der Waals surface area contributed by atoms with E-state index in [0.29, 0.717) is 15.6 Å². The van der Waals surface area contributed by atoms with Gasteiger partial charge in [0, 0.05) is 33.8 Å². The van der Waals surface area contributed by atoms with Gasteiger partial charge < -0.3 is 4.90 Å². The molecule has 0 atom stereocenters. The highest BCUT2D eigenvalue weighted by atomic mass is 79.9. The Morgan fingerprint density at radius 2 is 1.90 bits per heavy atom. The van der Waals surface area contributed by atoms with E-state index in [0.717, 1.165) is 25.7 Å². The molecule has 0 bridgehead atoms. The van der Waals surface area contributed by atoms with Gasteiger partial charge in [-0.15, -0.1) is 0 Å². The maximum atomic E-state index is 12.7.